The molecule has 1 unspecified atom stereocenters. The minimum Gasteiger partial charge on any atom is -0.349 e. The van der Waals surface area contributed by atoms with E-state index in [1.54, 1.807) is 11.9 Å². The number of amides is 2. The lowest BCUT2D eigenvalue weighted by molar-refractivity contribution is -0.130. The van der Waals surface area contributed by atoms with Crippen molar-refractivity contribution in [2.24, 2.45) is 0 Å². The van der Waals surface area contributed by atoms with Crippen LogP contribution in [0.1, 0.15) is 24.9 Å². The van der Waals surface area contributed by atoms with Gasteiger partial charge in [-0.15, -0.1) is 0 Å². The van der Waals surface area contributed by atoms with Gasteiger partial charge in [0, 0.05) is 27.1 Å². The molecule has 0 radical (unpaired) electrons. The summed E-state index contributed by atoms with van der Waals surface area (Å²) in [5.41, 5.74) is 0.943. The number of benzene rings is 1. The first-order valence-electron chi connectivity index (χ1n) is 6.75. The van der Waals surface area contributed by atoms with Crippen LogP contribution in [-0.4, -0.2) is 43.9 Å². The Morgan fingerprint density at radius 2 is 1.90 bits per heavy atom. The fourth-order valence-electron chi connectivity index (χ4n) is 1.92. The number of likely N-dealkylation sites (N-methyl/N-ethyl adjacent to an activating group) is 2. The molecule has 0 aromatic heterocycles. The average Bonchev–Trinajstić information content (AvgIpc) is 2.44. The second-order valence-corrected chi connectivity index (χ2v) is 4.79. The lowest BCUT2D eigenvalue weighted by atomic mass is 10.0. The molecule has 0 spiro atoms. The summed E-state index contributed by atoms with van der Waals surface area (Å²) < 4.78 is 0. The van der Waals surface area contributed by atoms with E-state index in [-0.39, 0.29) is 24.3 Å². The molecule has 1 aromatic carbocycles. The third-order valence-electron chi connectivity index (χ3n) is 3.08. The van der Waals surface area contributed by atoms with Crippen molar-refractivity contribution in [1.29, 1.82) is 0 Å². The topological polar surface area (TPSA) is 61.4 Å². The molecular weight excluding hydrogens is 254 g/mol. The van der Waals surface area contributed by atoms with E-state index in [0.717, 1.165) is 12.1 Å². The number of nitrogens with zero attached hydrogens (tertiary/aromatic N) is 1. The molecule has 0 fully saturated rings. The van der Waals surface area contributed by atoms with Gasteiger partial charge in [0.05, 0.1) is 12.5 Å². The molecule has 5 heteroatoms. The smallest absolute Gasteiger partial charge is 0.224 e. The summed E-state index contributed by atoms with van der Waals surface area (Å²) in [4.78, 5) is 25.1. The number of carbonyl (C=O) groups excluding carboxylic acids is 2. The minimum absolute atomic E-state index is 0.0165. The van der Waals surface area contributed by atoms with Crippen molar-refractivity contribution in [2.75, 3.05) is 27.2 Å². The van der Waals surface area contributed by atoms with Crippen molar-refractivity contribution in [3.05, 3.63) is 35.9 Å². The number of nitrogens with one attached hydrogen (secondary N) is 2. The van der Waals surface area contributed by atoms with Crippen LogP contribution in [0.3, 0.4) is 0 Å². The van der Waals surface area contributed by atoms with Crippen molar-refractivity contribution in [3.63, 3.8) is 0 Å². The van der Waals surface area contributed by atoms with Crippen LogP contribution in [0.5, 0.6) is 0 Å². The highest BCUT2D eigenvalue weighted by Gasteiger charge is 2.19. The standard InChI is InChI=1S/C15H23N3O2/c1-12(19)17-14(13-7-5-4-6-8-13)11-15(20)18(3)10-9-16-2/h4-8,14,16H,9-11H2,1-3H3,(H,17,19). The summed E-state index contributed by atoms with van der Waals surface area (Å²) in [5.74, 6) is -0.118. The van der Waals surface area contributed by atoms with Crippen LogP contribution in [0.15, 0.2) is 30.3 Å². The number of carbonyl (C=O) groups is 2. The SMILES string of the molecule is CNCCN(C)C(=O)CC(NC(C)=O)c1ccccc1. The largest absolute Gasteiger partial charge is 0.349 e. The van der Waals surface area contributed by atoms with Crippen LogP contribution in [0.2, 0.25) is 0 Å². The first kappa shape index (κ1) is 16.2. The maximum atomic E-state index is 12.2. The van der Waals surface area contributed by atoms with Gasteiger partial charge in [0.2, 0.25) is 11.8 Å². The number of hydrogen-bond acceptors (Lipinski definition) is 3. The van der Waals surface area contributed by atoms with E-state index in [1.807, 2.05) is 37.4 Å². The lowest BCUT2D eigenvalue weighted by Crippen LogP contribution is -2.36. The van der Waals surface area contributed by atoms with Crippen LogP contribution < -0.4 is 10.6 Å². The van der Waals surface area contributed by atoms with Gasteiger partial charge in [0.15, 0.2) is 0 Å². The Morgan fingerprint density at radius 3 is 2.45 bits per heavy atom. The second kappa shape index (κ2) is 8.32. The van der Waals surface area contributed by atoms with Crippen LogP contribution in [0.25, 0.3) is 0 Å². The molecule has 0 aliphatic rings. The Bertz CT molecular complexity index is 434. The van der Waals surface area contributed by atoms with Crippen molar-refractivity contribution in [3.8, 4) is 0 Å². The van der Waals surface area contributed by atoms with Gasteiger partial charge in [0.25, 0.3) is 0 Å². The maximum absolute atomic E-state index is 12.2. The molecule has 20 heavy (non-hydrogen) atoms. The molecule has 0 aliphatic carbocycles. The van der Waals surface area contributed by atoms with Crippen LogP contribution >= 0.6 is 0 Å². The molecule has 1 rings (SSSR count). The number of rotatable bonds is 7. The van der Waals surface area contributed by atoms with Crippen molar-refractivity contribution in [2.45, 2.75) is 19.4 Å². The highest BCUT2D eigenvalue weighted by Crippen LogP contribution is 2.17. The van der Waals surface area contributed by atoms with E-state index < -0.39 is 0 Å². The molecule has 110 valence electrons. The quantitative estimate of drug-likeness (QED) is 0.779. The van der Waals surface area contributed by atoms with E-state index >= 15 is 0 Å². The molecule has 1 aromatic rings. The second-order valence-electron chi connectivity index (χ2n) is 4.79. The Morgan fingerprint density at radius 1 is 1.25 bits per heavy atom. The minimum atomic E-state index is -0.279. The Hall–Kier alpha value is -1.88. The predicted octanol–water partition coefficient (Wildman–Crippen LogP) is 0.932. The summed E-state index contributed by atoms with van der Waals surface area (Å²) >= 11 is 0. The molecule has 0 saturated heterocycles. The molecular formula is C15H23N3O2. The van der Waals surface area contributed by atoms with Crippen LogP contribution in [-0.2, 0) is 9.59 Å². The molecule has 1 atom stereocenters. The van der Waals surface area contributed by atoms with Gasteiger partial charge in [-0.1, -0.05) is 30.3 Å². The van der Waals surface area contributed by atoms with Gasteiger partial charge in [-0.2, -0.15) is 0 Å². The molecule has 2 N–H and O–H groups in total. The van der Waals surface area contributed by atoms with E-state index in [9.17, 15) is 9.59 Å². The molecule has 2 amide bonds. The van der Waals surface area contributed by atoms with Crippen LogP contribution in [0, 0.1) is 0 Å². The highest BCUT2D eigenvalue weighted by atomic mass is 16.2. The summed E-state index contributed by atoms with van der Waals surface area (Å²) in [6.45, 7) is 2.86. The van der Waals surface area contributed by atoms with Crippen LogP contribution in [0.4, 0.5) is 0 Å². The molecule has 0 heterocycles. The molecule has 0 saturated carbocycles. The summed E-state index contributed by atoms with van der Waals surface area (Å²) in [6, 6.07) is 9.27. The van der Waals surface area contributed by atoms with E-state index in [0.29, 0.717) is 6.54 Å². The zero-order valence-electron chi connectivity index (χ0n) is 12.3. The summed E-state index contributed by atoms with van der Waals surface area (Å²) in [6.07, 6.45) is 0.268. The third kappa shape index (κ3) is 5.40. The predicted molar refractivity (Wildman–Crippen MR) is 79.2 cm³/mol. The van der Waals surface area contributed by atoms with Gasteiger partial charge in [0.1, 0.15) is 0 Å². The van der Waals surface area contributed by atoms with Gasteiger partial charge in [-0.3, -0.25) is 9.59 Å². The monoisotopic (exact) mass is 277 g/mol. The Labute approximate surface area is 120 Å². The molecule has 0 aliphatic heterocycles. The van der Waals surface area contributed by atoms with Gasteiger partial charge < -0.3 is 15.5 Å². The number of hydrogen-bond donors (Lipinski definition) is 2. The fraction of sp³-hybridized carbons (Fsp3) is 0.467. The third-order valence-corrected chi connectivity index (χ3v) is 3.08. The average molecular weight is 277 g/mol. The van der Waals surface area contributed by atoms with Crippen molar-refractivity contribution < 1.29 is 9.59 Å². The maximum Gasteiger partial charge on any atom is 0.224 e. The molecule has 5 nitrogen and oxygen atoms in total. The van der Waals surface area contributed by atoms with E-state index in [2.05, 4.69) is 10.6 Å². The molecule has 0 bridgehead atoms. The Kier molecular flexibility index (Phi) is 6.73. The summed E-state index contributed by atoms with van der Waals surface area (Å²) in [7, 11) is 3.62. The Balaban J connectivity index is 2.70. The van der Waals surface area contributed by atoms with Crippen molar-refractivity contribution >= 4 is 11.8 Å². The van der Waals surface area contributed by atoms with E-state index in [1.165, 1.54) is 6.92 Å². The highest BCUT2D eigenvalue weighted by molar-refractivity contribution is 5.79. The van der Waals surface area contributed by atoms with Crippen molar-refractivity contribution in [1.82, 2.24) is 15.5 Å². The van der Waals surface area contributed by atoms with Gasteiger partial charge in [-0.25, -0.2) is 0 Å². The summed E-state index contributed by atoms with van der Waals surface area (Å²) in [5, 5.41) is 5.84. The van der Waals surface area contributed by atoms with Gasteiger partial charge >= 0.3 is 0 Å². The van der Waals surface area contributed by atoms with Gasteiger partial charge in [-0.05, 0) is 12.6 Å². The zero-order chi connectivity index (χ0) is 15.0. The lowest BCUT2D eigenvalue weighted by Gasteiger charge is -2.22. The van der Waals surface area contributed by atoms with E-state index in [4.69, 9.17) is 0 Å². The fourth-order valence-corrected chi connectivity index (χ4v) is 1.92. The first-order valence-corrected chi connectivity index (χ1v) is 6.75. The zero-order valence-corrected chi connectivity index (χ0v) is 12.3. The normalized spacial score (nSPS) is 11.8. The first-order chi connectivity index (χ1) is 9.54.